The number of nitrogens with one attached hydrogen (secondary N) is 1. The van der Waals surface area contributed by atoms with E-state index in [1.165, 1.54) is 0 Å². The Balaban J connectivity index is 1.81. The summed E-state index contributed by atoms with van der Waals surface area (Å²) in [6.45, 7) is 4.64. The molecule has 2 heterocycles. The number of nitrogens with zero attached hydrogens (tertiary/aromatic N) is 3. The monoisotopic (exact) mass is 316 g/mol. The van der Waals surface area contributed by atoms with Gasteiger partial charge in [-0.15, -0.1) is 0 Å². The number of piperidine rings is 1. The zero-order valence-electron chi connectivity index (χ0n) is 13.5. The van der Waals surface area contributed by atoms with Crippen LogP contribution in [-0.2, 0) is 11.3 Å². The average molecular weight is 316 g/mol. The molecule has 0 saturated carbocycles. The van der Waals surface area contributed by atoms with Crippen molar-refractivity contribution in [1.82, 2.24) is 14.5 Å². The number of anilines is 1. The molecule has 0 atom stereocenters. The standard InChI is InChI=1S/C17H24N4O2/c1-13-6-9-20(10-7-13)16(23)12-21-15-5-3-2-4-14(15)19-17(21)18-8-11-22/h2-5,13,22H,6-12H2,1H3,(H,18,19). The van der Waals surface area contributed by atoms with Crippen LogP contribution in [0, 0.1) is 5.92 Å². The lowest BCUT2D eigenvalue weighted by Crippen LogP contribution is -2.39. The number of imidazole rings is 1. The molecule has 1 aromatic heterocycles. The number of carbonyl (C=O) groups is 1. The first-order valence-corrected chi connectivity index (χ1v) is 8.27. The Hall–Kier alpha value is -2.08. The highest BCUT2D eigenvalue weighted by Gasteiger charge is 2.22. The SMILES string of the molecule is CC1CCN(C(=O)Cn2c(NCCO)nc3ccccc32)CC1. The summed E-state index contributed by atoms with van der Waals surface area (Å²) in [5.41, 5.74) is 1.79. The molecule has 1 fully saturated rings. The first-order valence-electron chi connectivity index (χ1n) is 8.27. The van der Waals surface area contributed by atoms with Gasteiger partial charge in [0.2, 0.25) is 11.9 Å². The summed E-state index contributed by atoms with van der Waals surface area (Å²) in [7, 11) is 0. The van der Waals surface area contributed by atoms with Gasteiger partial charge in [0, 0.05) is 19.6 Å². The summed E-state index contributed by atoms with van der Waals surface area (Å²) in [5, 5.41) is 12.1. The van der Waals surface area contributed by atoms with Gasteiger partial charge in [0.15, 0.2) is 0 Å². The van der Waals surface area contributed by atoms with Crippen molar-refractivity contribution in [2.45, 2.75) is 26.3 Å². The number of rotatable bonds is 5. The van der Waals surface area contributed by atoms with Crippen molar-refractivity contribution in [2.24, 2.45) is 5.92 Å². The van der Waals surface area contributed by atoms with E-state index in [0.717, 1.165) is 37.0 Å². The van der Waals surface area contributed by atoms with E-state index in [2.05, 4.69) is 17.2 Å². The molecule has 6 nitrogen and oxygen atoms in total. The van der Waals surface area contributed by atoms with Crippen LogP contribution in [0.3, 0.4) is 0 Å². The molecule has 0 spiro atoms. The van der Waals surface area contributed by atoms with E-state index < -0.39 is 0 Å². The summed E-state index contributed by atoms with van der Waals surface area (Å²) in [6, 6.07) is 7.79. The molecule has 0 bridgehead atoms. The van der Waals surface area contributed by atoms with Crippen LogP contribution in [0.1, 0.15) is 19.8 Å². The minimum Gasteiger partial charge on any atom is -0.395 e. The number of benzene rings is 1. The molecule has 1 saturated heterocycles. The second-order valence-electron chi connectivity index (χ2n) is 6.22. The highest BCUT2D eigenvalue weighted by atomic mass is 16.3. The molecule has 124 valence electrons. The van der Waals surface area contributed by atoms with Crippen molar-refractivity contribution in [3.8, 4) is 0 Å². The quantitative estimate of drug-likeness (QED) is 0.881. The first kappa shape index (κ1) is 15.8. The highest BCUT2D eigenvalue weighted by Crippen LogP contribution is 2.21. The molecule has 6 heteroatoms. The molecule has 2 N–H and O–H groups in total. The largest absolute Gasteiger partial charge is 0.395 e. The topological polar surface area (TPSA) is 70.4 Å². The van der Waals surface area contributed by atoms with E-state index in [-0.39, 0.29) is 19.1 Å². The van der Waals surface area contributed by atoms with Crippen LogP contribution in [0.4, 0.5) is 5.95 Å². The fourth-order valence-electron chi connectivity index (χ4n) is 3.03. The smallest absolute Gasteiger partial charge is 0.242 e. The van der Waals surface area contributed by atoms with Gasteiger partial charge in [0.1, 0.15) is 6.54 Å². The van der Waals surface area contributed by atoms with E-state index >= 15 is 0 Å². The van der Waals surface area contributed by atoms with Gasteiger partial charge in [-0.3, -0.25) is 4.79 Å². The Morgan fingerprint density at radius 1 is 1.35 bits per heavy atom. The van der Waals surface area contributed by atoms with Crippen molar-refractivity contribution < 1.29 is 9.90 Å². The number of likely N-dealkylation sites (tertiary alicyclic amines) is 1. The van der Waals surface area contributed by atoms with Crippen LogP contribution in [0.25, 0.3) is 11.0 Å². The van der Waals surface area contributed by atoms with Crippen molar-refractivity contribution in [1.29, 1.82) is 0 Å². The van der Waals surface area contributed by atoms with Gasteiger partial charge in [-0.05, 0) is 30.9 Å². The predicted octanol–water partition coefficient (Wildman–Crippen LogP) is 1.70. The number of hydrogen-bond acceptors (Lipinski definition) is 4. The summed E-state index contributed by atoms with van der Waals surface area (Å²) in [6.07, 6.45) is 2.15. The van der Waals surface area contributed by atoms with Crippen molar-refractivity contribution in [3.05, 3.63) is 24.3 Å². The fourth-order valence-corrected chi connectivity index (χ4v) is 3.03. The molecule has 0 radical (unpaired) electrons. The van der Waals surface area contributed by atoms with Crippen LogP contribution in [0.5, 0.6) is 0 Å². The van der Waals surface area contributed by atoms with E-state index in [9.17, 15) is 4.79 Å². The zero-order chi connectivity index (χ0) is 16.2. The van der Waals surface area contributed by atoms with E-state index in [0.29, 0.717) is 18.4 Å². The number of para-hydroxylation sites is 2. The molecule has 3 rings (SSSR count). The number of aromatic nitrogens is 2. The number of aliphatic hydroxyl groups is 1. The van der Waals surface area contributed by atoms with Gasteiger partial charge in [0.05, 0.1) is 17.6 Å². The van der Waals surface area contributed by atoms with Crippen LogP contribution in [0.2, 0.25) is 0 Å². The van der Waals surface area contributed by atoms with E-state index in [4.69, 9.17) is 5.11 Å². The van der Waals surface area contributed by atoms with Crippen LogP contribution >= 0.6 is 0 Å². The number of fused-ring (bicyclic) bond motifs is 1. The molecule has 1 aliphatic rings. The van der Waals surface area contributed by atoms with Crippen LogP contribution < -0.4 is 5.32 Å². The minimum atomic E-state index is 0.0289. The molecule has 1 amide bonds. The minimum absolute atomic E-state index is 0.0289. The molecule has 1 aromatic carbocycles. The second kappa shape index (κ2) is 7.00. The Morgan fingerprint density at radius 3 is 2.83 bits per heavy atom. The molecular formula is C17H24N4O2. The normalized spacial score (nSPS) is 16.0. The van der Waals surface area contributed by atoms with Gasteiger partial charge in [-0.2, -0.15) is 0 Å². The summed E-state index contributed by atoms with van der Waals surface area (Å²) < 4.78 is 1.91. The maximum atomic E-state index is 12.6. The number of hydrogen-bond donors (Lipinski definition) is 2. The van der Waals surface area contributed by atoms with Gasteiger partial charge in [-0.1, -0.05) is 19.1 Å². The lowest BCUT2D eigenvalue weighted by atomic mass is 9.99. The van der Waals surface area contributed by atoms with Gasteiger partial charge in [-0.25, -0.2) is 4.98 Å². The average Bonchev–Trinajstić information content (AvgIpc) is 2.91. The maximum absolute atomic E-state index is 12.6. The van der Waals surface area contributed by atoms with Crippen LogP contribution in [0.15, 0.2) is 24.3 Å². The van der Waals surface area contributed by atoms with E-state index in [1.807, 2.05) is 33.7 Å². The fraction of sp³-hybridized carbons (Fsp3) is 0.529. The van der Waals surface area contributed by atoms with Gasteiger partial charge in [0.25, 0.3) is 0 Å². The lowest BCUT2D eigenvalue weighted by molar-refractivity contribution is -0.133. The highest BCUT2D eigenvalue weighted by molar-refractivity contribution is 5.83. The molecule has 0 unspecified atom stereocenters. The molecular weight excluding hydrogens is 292 g/mol. The summed E-state index contributed by atoms with van der Waals surface area (Å²) in [4.78, 5) is 19.1. The summed E-state index contributed by atoms with van der Waals surface area (Å²) in [5.74, 6) is 1.47. The first-order chi connectivity index (χ1) is 11.2. The van der Waals surface area contributed by atoms with Crippen molar-refractivity contribution >= 4 is 22.9 Å². The molecule has 23 heavy (non-hydrogen) atoms. The predicted molar refractivity (Wildman–Crippen MR) is 90.3 cm³/mol. The Kier molecular flexibility index (Phi) is 4.81. The third-order valence-electron chi connectivity index (χ3n) is 4.48. The number of amides is 1. The second-order valence-corrected chi connectivity index (χ2v) is 6.22. The Bertz CT molecular complexity index is 674. The van der Waals surface area contributed by atoms with Crippen LogP contribution in [-0.4, -0.2) is 51.7 Å². The number of carbonyl (C=O) groups excluding carboxylic acids is 1. The maximum Gasteiger partial charge on any atom is 0.242 e. The third-order valence-corrected chi connectivity index (χ3v) is 4.48. The zero-order valence-corrected chi connectivity index (χ0v) is 13.5. The molecule has 2 aromatic rings. The van der Waals surface area contributed by atoms with Gasteiger partial charge < -0.3 is 19.9 Å². The van der Waals surface area contributed by atoms with E-state index in [1.54, 1.807) is 0 Å². The van der Waals surface area contributed by atoms with Crippen molar-refractivity contribution in [2.75, 3.05) is 31.6 Å². The summed E-state index contributed by atoms with van der Waals surface area (Å²) >= 11 is 0. The third kappa shape index (κ3) is 3.47. The molecule has 1 aliphatic heterocycles. The van der Waals surface area contributed by atoms with Gasteiger partial charge >= 0.3 is 0 Å². The Morgan fingerprint density at radius 2 is 2.09 bits per heavy atom. The lowest BCUT2D eigenvalue weighted by Gasteiger charge is -2.30. The Labute approximate surface area is 136 Å². The molecule has 0 aliphatic carbocycles. The number of aliphatic hydroxyl groups excluding tert-OH is 1. The van der Waals surface area contributed by atoms with Crippen molar-refractivity contribution in [3.63, 3.8) is 0 Å².